The van der Waals surface area contributed by atoms with Gasteiger partial charge in [-0.25, -0.2) is 4.79 Å². The average Bonchev–Trinajstić information content (AvgIpc) is 2.99. The summed E-state index contributed by atoms with van der Waals surface area (Å²) in [5.74, 6) is -0.683. The van der Waals surface area contributed by atoms with Crippen LogP contribution in [0, 0.1) is 0 Å². The zero-order valence-electron chi connectivity index (χ0n) is 24.0. The number of unbranched alkanes of at least 4 members (excludes halogenated alkanes) is 5. The first-order chi connectivity index (χ1) is 19.7. The minimum atomic E-state index is -0.886. The zero-order chi connectivity index (χ0) is 28.5. The van der Waals surface area contributed by atoms with Crippen molar-refractivity contribution in [3.63, 3.8) is 0 Å². The molecule has 0 aromatic heterocycles. The molecule has 0 saturated heterocycles. The topological polar surface area (TPSA) is 89.5 Å². The molecule has 0 spiro atoms. The van der Waals surface area contributed by atoms with Crippen LogP contribution in [-0.2, 0) is 34.9 Å². The summed E-state index contributed by atoms with van der Waals surface area (Å²) in [5.41, 5.74) is 1.67. The van der Waals surface area contributed by atoms with Gasteiger partial charge in [-0.3, -0.25) is 4.79 Å². The van der Waals surface area contributed by atoms with E-state index in [9.17, 15) is 9.59 Å². The van der Waals surface area contributed by atoms with E-state index in [1.807, 2.05) is 12.1 Å². The molecule has 0 aliphatic heterocycles. The van der Waals surface area contributed by atoms with E-state index in [-0.39, 0.29) is 13.2 Å². The molecule has 0 unspecified atom stereocenters. The Morgan fingerprint density at radius 2 is 1.10 bits per heavy atom. The second kappa shape index (κ2) is 23.0. The second-order valence-corrected chi connectivity index (χ2v) is 9.29. The quantitative estimate of drug-likeness (QED) is 0.0687. The molecule has 2 aromatic carbocycles. The molecule has 0 bridgehead atoms. The summed E-state index contributed by atoms with van der Waals surface area (Å²) in [6, 6.07) is 16.7. The maximum atomic E-state index is 11.9. The molecule has 0 N–H and O–H groups in total. The van der Waals surface area contributed by atoms with E-state index < -0.39 is 11.8 Å². The highest BCUT2D eigenvalue weighted by Gasteiger charge is 2.17. The normalized spacial score (nSPS) is 10.9. The van der Waals surface area contributed by atoms with Gasteiger partial charge in [0.15, 0.2) is 0 Å². The fourth-order valence-electron chi connectivity index (χ4n) is 3.81. The van der Waals surface area contributed by atoms with Crippen LogP contribution in [0.3, 0.4) is 0 Å². The molecule has 0 saturated carbocycles. The molecule has 0 aliphatic carbocycles. The third-order valence-corrected chi connectivity index (χ3v) is 6.04. The molecule has 0 atom stereocenters. The molecule has 2 rings (SSSR count). The van der Waals surface area contributed by atoms with E-state index in [0.717, 1.165) is 12.2 Å². The van der Waals surface area contributed by atoms with Crippen molar-refractivity contribution in [3.05, 3.63) is 65.7 Å². The molecule has 8 heteroatoms. The number of hydrogen-bond donors (Lipinski definition) is 0. The van der Waals surface area contributed by atoms with E-state index in [0.29, 0.717) is 58.4 Å². The highest BCUT2D eigenvalue weighted by atomic mass is 16.6. The molecule has 0 fully saturated rings. The second-order valence-electron chi connectivity index (χ2n) is 9.29. The lowest BCUT2D eigenvalue weighted by Crippen LogP contribution is -2.20. The third kappa shape index (κ3) is 16.4. The van der Waals surface area contributed by atoms with Gasteiger partial charge in [0.25, 0.3) is 5.78 Å². The monoisotopic (exact) mass is 558 g/mol. The van der Waals surface area contributed by atoms with E-state index in [1.165, 1.54) is 44.1 Å². The number of hydrogen-bond acceptors (Lipinski definition) is 8. The Kier molecular flexibility index (Phi) is 19.2. The Labute approximate surface area is 239 Å². The lowest BCUT2D eigenvalue weighted by molar-refractivity contribution is -0.139. The number of esters is 1. The maximum absolute atomic E-state index is 11.9. The summed E-state index contributed by atoms with van der Waals surface area (Å²) in [5, 5.41) is 0. The molecule has 2 aromatic rings. The van der Waals surface area contributed by atoms with Gasteiger partial charge >= 0.3 is 5.97 Å². The summed E-state index contributed by atoms with van der Waals surface area (Å²) < 4.78 is 32.4. The smallest absolute Gasteiger partial charge is 0.379 e. The van der Waals surface area contributed by atoms with Crippen molar-refractivity contribution in [2.45, 2.75) is 51.9 Å². The molecular weight excluding hydrogens is 512 g/mol. The first-order valence-electron chi connectivity index (χ1n) is 14.5. The summed E-state index contributed by atoms with van der Waals surface area (Å²) >= 11 is 0. The lowest BCUT2D eigenvalue weighted by Gasteiger charge is -2.09. The lowest BCUT2D eigenvalue weighted by atomic mass is 10.0. The van der Waals surface area contributed by atoms with Gasteiger partial charge in [-0.1, -0.05) is 81.5 Å². The maximum Gasteiger partial charge on any atom is 0.379 e. The van der Waals surface area contributed by atoms with Crippen LogP contribution in [0.15, 0.2) is 54.6 Å². The summed E-state index contributed by atoms with van der Waals surface area (Å²) in [6.07, 6.45) is 9.03. The summed E-state index contributed by atoms with van der Waals surface area (Å²) in [4.78, 5) is 23.6. The van der Waals surface area contributed by atoms with Gasteiger partial charge in [0.05, 0.1) is 52.9 Å². The highest BCUT2D eigenvalue weighted by molar-refractivity contribution is 6.40. The Morgan fingerprint density at radius 1 is 0.575 bits per heavy atom. The van der Waals surface area contributed by atoms with Gasteiger partial charge in [-0.2, -0.15) is 0 Å². The molecule has 0 aliphatic rings. The minimum absolute atomic E-state index is 0.0111. The number of ether oxygens (including phenoxy) is 6. The Morgan fingerprint density at radius 3 is 1.70 bits per heavy atom. The van der Waals surface area contributed by atoms with Crippen molar-refractivity contribution >= 4 is 11.8 Å². The number of aryl methyl sites for hydroxylation is 1. The third-order valence-electron chi connectivity index (χ3n) is 6.04. The Balaban J connectivity index is 1.31. The van der Waals surface area contributed by atoms with Crippen LogP contribution >= 0.6 is 0 Å². The zero-order valence-corrected chi connectivity index (χ0v) is 24.0. The molecule has 0 amide bonds. The fraction of sp³-hybridized carbons (Fsp3) is 0.562. The van der Waals surface area contributed by atoms with Gasteiger partial charge in [0.1, 0.15) is 19.0 Å². The van der Waals surface area contributed by atoms with Crippen molar-refractivity contribution in [1.29, 1.82) is 0 Å². The number of rotatable bonds is 25. The van der Waals surface area contributed by atoms with Crippen molar-refractivity contribution in [1.82, 2.24) is 0 Å². The summed E-state index contributed by atoms with van der Waals surface area (Å²) in [6.45, 7) is 6.10. The molecule has 0 heterocycles. The first-order valence-corrected chi connectivity index (χ1v) is 14.5. The number of carbonyl (C=O) groups is 2. The number of benzene rings is 2. The van der Waals surface area contributed by atoms with Gasteiger partial charge in [-0.15, -0.1) is 0 Å². The minimum Gasteiger partial charge on any atom is -0.491 e. The standard InChI is InChI=1S/C32H46O8/c1-2-3-4-5-6-8-11-28-14-16-30(17-15-28)39-26-24-37-22-20-35-18-19-36-21-23-38-25-27-40-32(34)31(33)29-12-9-7-10-13-29/h7,9-10,12-17H,2-6,8,11,18-27H2,1H3. The number of carbonyl (C=O) groups excluding carboxylic acids is 2. The van der Waals surface area contributed by atoms with Crippen LogP contribution in [0.1, 0.15) is 61.4 Å². The van der Waals surface area contributed by atoms with Crippen LogP contribution < -0.4 is 4.74 Å². The van der Waals surface area contributed by atoms with Crippen LogP contribution in [0.25, 0.3) is 0 Å². The Bertz CT molecular complexity index is 901. The van der Waals surface area contributed by atoms with Crippen LogP contribution in [0.5, 0.6) is 5.75 Å². The predicted octanol–water partition coefficient (Wildman–Crippen LogP) is 5.46. The number of ketones is 1. The van der Waals surface area contributed by atoms with Gasteiger partial charge in [0, 0.05) is 5.56 Å². The van der Waals surface area contributed by atoms with Crippen LogP contribution in [0.2, 0.25) is 0 Å². The predicted molar refractivity (Wildman–Crippen MR) is 154 cm³/mol. The molecule has 222 valence electrons. The fourth-order valence-corrected chi connectivity index (χ4v) is 3.81. The Hall–Kier alpha value is -2.78. The highest BCUT2D eigenvalue weighted by Crippen LogP contribution is 2.15. The summed E-state index contributed by atoms with van der Waals surface area (Å²) in [7, 11) is 0. The van der Waals surface area contributed by atoms with Gasteiger partial charge < -0.3 is 28.4 Å². The van der Waals surface area contributed by atoms with E-state index in [4.69, 9.17) is 28.4 Å². The molecule has 8 nitrogen and oxygen atoms in total. The largest absolute Gasteiger partial charge is 0.491 e. The molecule has 40 heavy (non-hydrogen) atoms. The first kappa shape index (κ1) is 33.4. The van der Waals surface area contributed by atoms with Crippen molar-refractivity contribution < 1.29 is 38.0 Å². The molecule has 0 radical (unpaired) electrons. The van der Waals surface area contributed by atoms with Crippen molar-refractivity contribution in [2.75, 3.05) is 66.1 Å². The van der Waals surface area contributed by atoms with Crippen molar-refractivity contribution in [3.8, 4) is 5.75 Å². The van der Waals surface area contributed by atoms with E-state index in [1.54, 1.807) is 30.3 Å². The SMILES string of the molecule is CCCCCCCCc1ccc(OCCOCCOCCOCCOCCOC(=O)C(=O)c2ccccc2)cc1. The van der Waals surface area contributed by atoms with E-state index >= 15 is 0 Å². The van der Waals surface area contributed by atoms with Gasteiger partial charge in [-0.05, 0) is 30.5 Å². The van der Waals surface area contributed by atoms with Crippen LogP contribution in [0.4, 0.5) is 0 Å². The average molecular weight is 559 g/mol. The van der Waals surface area contributed by atoms with Crippen LogP contribution in [-0.4, -0.2) is 77.8 Å². The number of Topliss-reactive ketones (excluding diaryl/α,β-unsaturated/α-hetero) is 1. The van der Waals surface area contributed by atoms with E-state index in [2.05, 4.69) is 19.1 Å². The van der Waals surface area contributed by atoms with Gasteiger partial charge in [0.2, 0.25) is 0 Å². The molecular formula is C32H46O8. The van der Waals surface area contributed by atoms with Crippen molar-refractivity contribution in [2.24, 2.45) is 0 Å².